The summed E-state index contributed by atoms with van der Waals surface area (Å²) in [7, 11) is 4.39. The van der Waals surface area contributed by atoms with Crippen molar-refractivity contribution < 1.29 is 4.74 Å². The Morgan fingerprint density at radius 3 is 2.64 bits per heavy atom. The number of aryl methyl sites for hydroxylation is 2. The number of halogens is 1. The number of rotatable bonds is 4. The zero-order valence-corrected chi connectivity index (χ0v) is 18.2. The van der Waals surface area contributed by atoms with Crippen LogP contribution in [0.2, 0.25) is 5.02 Å². The van der Waals surface area contributed by atoms with Gasteiger partial charge < -0.3 is 9.64 Å². The molecule has 0 amide bonds. The van der Waals surface area contributed by atoms with Crippen LogP contribution in [0.4, 0.5) is 0 Å². The van der Waals surface area contributed by atoms with Crippen LogP contribution in [0.3, 0.4) is 0 Å². The first-order valence-corrected chi connectivity index (χ1v) is 10.7. The third-order valence-electron chi connectivity index (χ3n) is 6.52. The van der Waals surface area contributed by atoms with Crippen LogP contribution in [-0.2, 0) is 6.42 Å². The van der Waals surface area contributed by atoms with Crippen molar-refractivity contribution in [2.24, 2.45) is 0 Å². The number of benzene rings is 2. The molecule has 0 N–H and O–H groups in total. The smallest absolute Gasteiger partial charge is 0.140 e. The van der Waals surface area contributed by atoms with Gasteiger partial charge in [-0.2, -0.15) is 0 Å². The molecule has 3 nitrogen and oxygen atoms in total. The fraction of sp³-hybridized carbons (Fsp3) is 0.500. The molecular formula is C24H31ClN2O. The first kappa shape index (κ1) is 19.8. The minimum absolute atomic E-state index is 0.0226. The first-order valence-electron chi connectivity index (χ1n) is 10.4. The van der Waals surface area contributed by atoms with Crippen LogP contribution >= 0.6 is 11.6 Å². The van der Waals surface area contributed by atoms with Crippen molar-refractivity contribution in [1.29, 1.82) is 0 Å². The van der Waals surface area contributed by atoms with E-state index in [4.69, 9.17) is 16.3 Å². The molecule has 0 saturated carbocycles. The molecule has 0 aromatic heterocycles. The molecule has 4 heteroatoms. The number of hydrogen-bond acceptors (Lipinski definition) is 3. The number of hydrogen-bond donors (Lipinski definition) is 0. The van der Waals surface area contributed by atoms with Gasteiger partial charge in [-0.1, -0.05) is 29.8 Å². The molecule has 1 aliphatic heterocycles. The van der Waals surface area contributed by atoms with Gasteiger partial charge in [0.1, 0.15) is 11.9 Å². The third-order valence-corrected chi connectivity index (χ3v) is 6.73. The summed E-state index contributed by atoms with van der Waals surface area (Å²) >= 11 is 6.45. The number of nitrogens with zero attached hydrogens (tertiary/aromatic N) is 2. The lowest BCUT2D eigenvalue weighted by molar-refractivity contribution is 0.0378. The highest BCUT2D eigenvalue weighted by Crippen LogP contribution is 2.42. The van der Waals surface area contributed by atoms with E-state index in [0.29, 0.717) is 12.1 Å². The molecule has 2 aliphatic rings. The quantitative estimate of drug-likeness (QED) is 0.718. The van der Waals surface area contributed by atoms with Crippen molar-refractivity contribution in [2.75, 3.05) is 27.2 Å². The summed E-state index contributed by atoms with van der Waals surface area (Å²) in [5.74, 6) is 0.976. The van der Waals surface area contributed by atoms with E-state index in [9.17, 15) is 0 Å². The Bertz CT molecular complexity index is 850. The van der Waals surface area contributed by atoms with E-state index >= 15 is 0 Å². The Kier molecular flexibility index (Phi) is 5.69. The van der Waals surface area contributed by atoms with Gasteiger partial charge in [0, 0.05) is 17.6 Å². The van der Waals surface area contributed by atoms with Crippen molar-refractivity contribution in [3.63, 3.8) is 0 Å². The van der Waals surface area contributed by atoms with E-state index in [1.54, 1.807) is 0 Å². The van der Waals surface area contributed by atoms with Gasteiger partial charge in [-0.15, -0.1) is 0 Å². The highest BCUT2D eigenvalue weighted by atomic mass is 35.5. The van der Waals surface area contributed by atoms with Gasteiger partial charge >= 0.3 is 0 Å². The summed E-state index contributed by atoms with van der Waals surface area (Å²) in [5.41, 5.74) is 5.15. The average molecular weight is 399 g/mol. The summed E-state index contributed by atoms with van der Waals surface area (Å²) in [5, 5.41) is 0.806. The Morgan fingerprint density at radius 2 is 1.89 bits per heavy atom. The topological polar surface area (TPSA) is 15.7 Å². The highest BCUT2D eigenvalue weighted by molar-refractivity contribution is 6.30. The molecule has 1 heterocycles. The van der Waals surface area contributed by atoms with Crippen LogP contribution in [0.5, 0.6) is 5.75 Å². The van der Waals surface area contributed by atoms with Crippen LogP contribution < -0.4 is 4.74 Å². The van der Waals surface area contributed by atoms with Gasteiger partial charge in [-0.3, -0.25) is 4.90 Å². The third kappa shape index (κ3) is 3.80. The monoisotopic (exact) mass is 398 g/mol. The summed E-state index contributed by atoms with van der Waals surface area (Å²) in [4.78, 5) is 5.03. The SMILES string of the molecule is Cc1ccccc1O[C@H]1c2cc(Cl)cc(C)c2C[C@@H]1N1CCC[C@@H](N(C)C)C1. The normalized spacial score (nSPS) is 25.1. The predicted molar refractivity (Wildman–Crippen MR) is 117 cm³/mol. The molecule has 3 atom stereocenters. The number of para-hydroxylation sites is 1. The molecule has 0 unspecified atom stereocenters. The fourth-order valence-electron chi connectivity index (χ4n) is 4.85. The van der Waals surface area contributed by atoms with E-state index < -0.39 is 0 Å². The molecule has 0 spiro atoms. The number of fused-ring (bicyclic) bond motifs is 1. The van der Waals surface area contributed by atoms with E-state index in [0.717, 1.165) is 30.3 Å². The molecule has 0 bridgehead atoms. The van der Waals surface area contributed by atoms with Crippen LogP contribution in [0.25, 0.3) is 0 Å². The number of likely N-dealkylation sites (tertiary alicyclic amines) is 1. The lowest BCUT2D eigenvalue weighted by atomic mass is 10.0. The second-order valence-corrected chi connectivity index (χ2v) is 9.06. The maximum atomic E-state index is 6.69. The summed E-state index contributed by atoms with van der Waals surface area (Å²) < 4.78 is 6.69. The lowest BCUT2D eigenvalue weighted by Gasteiger charge is -2.41. The molecule has 28 heavy (non-hydrogen) atoms. The van der Waals surface area contributed by atoms with Crippen molar-refractivity contribution in [3.05, 3.63) is 63.7 Å². The van der Waals surface area contributed by atoms with E-state index in [1.807, 2.05) is 0 Å². The summed E-state index contributed by atoms with van der Waals surface area (Å²) in [6.45, 7) is 6.54. The van der Waals surface area contributed by atoms with Gasteiger partial charge in [0.15, 0.2) is 0 Å². The lowest BCUT2D eigenvalue weighted by Crippen LogP contribution is -2.51. The molecule has 2 aromatic carbocycles. The second-order valence-electron chi connectivity index (χ2n) is 8.62. The van der Waals surface area contributed by atoms with Crippen molar-refractivity contribution in [1.82, 2.24) is 9.80 Å². The molecular weight excluding hydrogens is 368 g/mol. The van der Waals surface area contributed by atoms with Crippen molar-refractivity contribution in [2.45, 2.75) is 51.3 Å². The van der Waals surface area contributed by atoms with Crippen molar-refractivity contribution in [3.8, 4) is 5.75 Å². The Labute approximate surface area is 174 Å². The first-order chi connectivity index (χ1) is 13.4. The minimum Gasteiger partial charge on any atom is -0.484 e. The maximum Gasteiger partial charge on any atom is 0.140 e. The van der Waals surface area contributed by atoms with Crippen LogP contribution in [0.1, 0.15) is 41.2 Å². The second kappa shape index (κ2) is 8.06. The van der Waals surface area contributed by atoms with E-state index in [2.05, 4.69) is 74.1 Å². The van der Waals surface area contributed by atoms with Crippen molar-refractivity contribution >= 4 is 11.6 Å². The van der Waals surface area contributed by atoms with Gasteiger partial charge in [-0.05, 0) is 94.2 Å². The number of likely N-dealkylation sites (N-methyl/N-ethyl adjacent to an activating group) is 1. The van der Waals surface area contributed by atoms with Gasteiger partial charge in [0.25, 0.3) is 0 Å². The zero-order valence-electron chi connectivity index (χ0n) is 17.4. The fourth-order valence-corrected chi connectivity index (χ4v) is 5.13. The molecule has 1 fully saturated rings. The molecule has 4 rings (SSSR count). The minimum atomic E-state index is 0.0226. The average Bonchev–Trinajstić information content (AvgIpc) is 3.02. The predicted octanol–water partition coefficient (Wildman–Crippen LogP) is 5.03. The van der Waals surface area contributed by atoms with Gasteiger partial charge in [-0.25, -0.2) is 0 Å². The largest absolute Gasteiger partial charge is 0.484 e. The standard InChI is InChI=1S/C24H31ClN2O/c1-16-8-5-6-10-23(16)28-24-21-13-18(25)12-17(2)20(21)14-22(24)27-11-7-9-19(15-27)26(3)4/h5-6,8,10,12-13,19,22,24H,7,9,11,14-15H2,1-4H3/t19-,22+,24+/m1/s1. The molecule has 0 radical (unpaired) electrons. The van der Waals surface area contributed by atoms with Crippen LogP contribution in [0, 0.1) is 13.8 Å². The van der Waals surface area contributed by atoms with E-state index in [-0.39, 0.29) is 6.10 Å². The van der Waals surface area contributed by atoms with Gasteiger partial charge in [0.2, 0.25) is 0 Å². The molecule has 1 aliphatic carbocycles. The van der Waals surface area contributed by atoms with Crippen LogP contribution in [0.15, 0.2) is 36.4 Å². The Morgan fingerprint density at radius 1 is 1.11 bits per heavy atom. The van der Waals surface area contributed by atoms with E-state index in [1.165, 1.54) is 35.1 Å². The molecule has 1 saturated heterocycles. The number of piperidine rings is 1. The highest BCUT2D eigenvalue weighted by Gasteiger charge is 2.41. The summed E-state index contributed by atoms with van der Waals surface area (Å²) in [6, 6.07) is 13.5. The molecule has 150 valence electrons. The van der Waals surface area contributed by atoms with Crippen LogP contribution in [-0.4, -0.2) is 49.1 Å². The summed E-state index contributed by atoms with van der Waals surface area (Å²) in [6.07, 6.45) is 3.58. The molecule has 2 aromatic rings. The van der Waals surface area contributed by atoms with Gasteiger partial charge in [0.05, 0.1) is 6.04 Å². The Hall–Kier alpha value is -1.55. The maximum absolute atomic E-state index is 6.69. The Balaban J connectivity index is 1.69. The number of ether oxygens (including phenoxy) is 1. The zero-order chi connectivity index (χ0) is 19.8.